The largest absolute Gasteiger partial charge is 0.454 e. The molecule has 4 nitrogen and oxygen atoms in total. The maximum absolute atomic E-state index is 13.7. The first kappa shape index (κ1) is 20.6. The van der Waals surface area contributed by atoms with Gasteiger partial charge in [0, 0.05) is 31.3 Å². The normalized spacial score (nSPS) is 18.0. The van der Waals surface area contributed by atoms with E-state index in [2.05, 4.69) is 5.32 Å². The lowest BCUT2D eigenvalue weighted by Crippen LogP contribution is -2.44. The van der Waals surface area contributed by atoms with E-state index >= 15 is 0 Å². The van der Waals surface area contributed by atoms with Gasteiger partial charge in [0.2, 0.25) is 0 Å². The highest BCUT2D eigenvalue weighted by atomic mass is 35.5. The highest BCUT2D eigenvalue weighted by molar-refractivity contribution is 5.94. The minimum atomic E-state index is -0.765. The number of nitrogens with one attached hydrogen (secondary N) is 1. The molecule has 2 aromatic rings. The van der Waals surface area contributed by atoms with Crippen molar-refractivity contribution in [2.45, 2.75) is 19.3 Å². The number of carbonyl (C=O) groups excluding carboxylic acids is 1. The van der Waals surface area contributed by atoms with Crippen molar-refractivity contribution in [3.05, 3.63) is 59.7 Å². The van der Waals surface area contributed by atoms with Crippen molar-refractivity contribution in [3.63, 3.8) is 0 Å². The van der Waals surface area contributed by atoms with Crippen LogP contribution in [0, 0.1) is 17.0 Å². The highest BCUT2D eigenvalue weighted by Gasteiger charge is 2.38. The number of halogens is 3. The van der Waals surface area contributed by atoms with Crippen LogP contribution < -0.4 is 10.1 Å². The van der Waals surface area contributed by atoms with Crippen molar-refractivity contribution in [3.8, 4) is 11.5 Å². The number of hydrogen-bond acceptors (Lipinski definition) is 3. The second-order valence-electron chi connectivity index (χ2n) is 7.42. The summed E-state index contributed by atoms with van der Waals surface area (Å²) in [5, 5.41) is 3.43. The van der Waals surface area contributed by atoms with E-state index in [0.29, 0.717) is 16.7 Å². The Morgan fingerprint density at radius 2 is 1.75 bits per heavy atom. The molecule has 0 aliphatic carbocycles. The zero-order valence-corrected chi connectivity index (χ0v) is 16.2. The van der Waals surface area contributed by atoms with Crippen LogP contribution in [-0.2, 0) is 0 Å². The second kappa shape index (κ2) is 8.45. The molecule has 2 aromatic carbocycles. The molecule has 0 atom stereocenters. The van der Waals surface area contributed by atoms with Crippen molar-refractivity contribution in [1.29, 1.82) is 0 Å². The Hall–Kier alpha value is -2.18. The molecule has 28 heavy (non-hydrogen) atoms. The van der Waals surface area contributed by atoms with Crippen LogP contribution in [0.15, 0.2) is 42.5 Å². The standard InChI is InChI=1S/C21H22F2N2O2.ClH/c22-16-3-6-19(18(23)13-16)27-17-4-1-15(2-5-17)20(26)25-11-8-21(9-12-25)7-10-24-14-21;/h1-6,13,24H,7-12,14H2;1H. The summed E-state index contributed by atoms with van der Waals surface area (Å²) in [4.78, 5) is 14.6. The average molecular weight is 409 g/mol. The van der Waals surface area contributed by atoms with E-state index in [-0.39, 0.29) is 24.1 Å². The molecule has 0 bridgehead atoms. The summed E-state index contributed by atoms with van der Waals surface area (Å²) >= 11 is 0. The number of benzene rings is 2. The van der Waals surface area contributed by atoms with Gasteiger partial charge in [-0.25, -0.2) is 8.78 Å². The number of piperidine rings is 1. The average Bonchev–Trinajstić information content (AvgIpc) is 3.13. The molecule has 0 radical (unpaired) electrons. The Morgan fingerprint density at radius 3 is 2.36 bits per heavy atom. The van der Waals surface area contributed by atoms with Crippen LogP contribution in [0.2, 0.25) is 0 Å². The molecule has 2 fully saturated rings. The van der Waals surface area contributed by atoms with Gasteiger partial charge in [-0.3, -0.25) is 4.79 Å². The van der Waals surface area contributed by atoms with Gasteiger partial charge in [0.1, 0.15) is 11.6 Å². The van der Waals surface area contributed by atoms with Crippen molar-refractivity contribution in [2.24, 2.45) is 5.41 Å². The maximum Gasteiger partial charge on any atom is 0.253 e. The number of nitrogens with zero attached hydrogens (tertiary/aromatic N) is 1. The van der Waals surface area contributed by atoms with E-state index in [9.17, 15) is 13.6 Å². The summed E-state index contributed by atoms with van der Waals surface area (Å²) in [6.07, 6.45) is 3.27. The molecular formula is C21H23ClF2N2O2. The van der Waals surface area contributed by atoms with E-state index < -0.39 is 11.6 Å². The van der Waals surface area contributed by atoms with Crippen molar-refractivity contribution in [2.75, 3.05) is 26.2 Å². The number of carbonyl (C=O) groups is 1. The third kappa shape index (κ3) is 4.28. The van der Waals surface area contributed by atoms with Crippen LogP contribution in [0.3, 0.4) is 0 Å². The minimum Gasteiger partial charge on any atom is -0.454 e. The van der Waals surface area contributed by atoms with Gasteiger partial charge in [-0.15, -0.1) is 12.4 Å². The Labute approximate surface area is 169 Å². The zero-order valence-electron chi connectivity index (χ0n) is 15.4. The molecule has 1 N–H and O–H groups in total. The number of amides is 1. The van der Waals surface area contributed by atoms with Crippen LogP contribution in [0.25, 0.3) is 0 Å². The van der Waals surface area contributed by atoms with Crippen LogP contribution >= 0.6 is 12.4 Å². The van der Waals surface area contributed by atoms with Gasteiger partial charge < -0.3 is 15.0 Å². The molecule has 7 heteroatoms. The molecule has 2 saturated heterocycles. The molecule has 1 amide bonds. The zero-order chi connectivity index (χ0) is 18.9. The van der Waals surface area contributed by atoms with Crippen molar-refractivity contribution in [1.82, 2.24) is 10.2 Å². The van der Waals surface area contributed by atoms with Gasteiger partial charge in [0.05, 0.1) is 0 Å². The van der Waals surface area contributed by atoms with Crippen LogP contribution in [-0.4, -0.2) is 37.0 Å². The predicted octanol–water partition coefficient (Wildman–Crippen LogP) is 4.39. The predicted molar refractivity (Wildman–Crippen MR) is 105 cm³/mol. The number of likely N-dealkylation sites (tertiary alicyclic amines) is 1. The first-order chi connectivity index (χ1) is 13.0. The second-order valence-corrected chi connectivity index (χ2v) is 7.42. The van der Waals surface area contributed by atoms with E-state index in [1.807, 2.05) is 4.90 Å². The van der Waals surface area contributed by atoms with Crippen LogP contribution in [0.1, 0.15) is 29.6 Å². The van der Waals surface area contributed by atoms with Crippen molar-refractivity contribution < 1.29 is 18.3 Å². The maximum atomic E-state index is 13.7. The lowest BCUT2D eigenvalue weighted by atomic mass is 9.78. The molecule has 2 aliphatic heterocycles. The van der Waals surface area contributed by atoms with Gasteiger partial charge >= 0.3 is 0 Å². The molecule has 4 rings (SSSR count). The Bertz CT molecular complexity index is 829. The van der Waals surface area contributed by atoms with E-state index in [1.165, 1.54) is 12.5 Å². The van der Waals surface area contributed by atoms with Gasteiger partial charge in [-0.2, -0.15) is 0 Å². The lowest BCUT2D eigenvalue weighted by molar-refractivity contribution is 0.0607. The molecule has 2 heterocycles. The SMILES string of the molecule is Cl.O=C(c1ccc(Oc2ccc(F)cc2F)cc1)N1CCC2(CCNC2)CC1. The Morgan fingerprint density at radius 1 is 1.04 bits per heavy atom. The van der Waals surface area contributed by atoms with E-state index in [0.717, 1.165) is 51.2 Å². The minimum absolute atomic E-state index is 0. The number of hydrogen-bond donors (Lipinski definition) is 1. The molecule has 1 spiro atoms. The topological polar surface area (TPSA) is 41.6 Å². The van der Waals surface area contributed by atoms with Gasteiger partial charge in [0.25, 0.3) is 5.91 Å². The molecule has 150 valence electrons. The summed E-state index contributed by atoms with van der Waals surface area (Å²) in [6, 6.07) is 9.77. The molecule has 0 saturated carbocycles. The van der Waals surface area contributed by atoms with E-state index in [4.69, 9.17) is 4.74 Å². The fourth-order valence-corrected chi connectivity index (χ4v) is 3.94. The first-order valence-corrected chi connectivity index (χ1v) is 9.28. The summed E-state index contributed by atoms with van der Waals surface area (Å²) in [5.74, 6) is -1.07. The lowest BCUT2D eigenvalue weighted by Gasteiger charge is -2.38. The monoisotopic (exact) mass is 408 g/mol. The fraction of sp³-hybridized carbons (Fsp3) is 0.381. The van der Waals surface area contributed by atoms with Crippen molar-refractivity contribution >= 4 is 18.3 Å². The Balaban J connectivity index is 0.00000225. The highest BCUT2D eigenvalue weighted by Crippen LogP contribution is 2.37. The number of ether oxygens (including phenoxy) is 1. The summed E-state index contributed by atoms with van der Waals surface area (Å²) < 4.78 is 32.1. The molecule has 2 aliphatic rings. The summed E-state index contributed by atoms with van der Waals surface area (Å²) in [5.41, 5.74) is 0.954. The van der Waals surface area contributed by atoms with Gasteiger partial charge in [-0.1, -0.05) is 0 Å². The first-order valence-electron chi connectivity index (χ1n) is 9.28. The van der Waals surface area contributed by atoms with E-state index in [1.54, 1.807) is 24.3 Å². The third-order valence-electron chi connectivity index (χ3n) is 5.67. The quantitative estimate of drug-likeness (QED) is 0.818. The number of rotatable bonds is 3. The molecule has 0 aromatic heterocycles. The molecular weight excluding hydrogens is 386 g/mol. The van der Waals surface area contributed by atoms with Gasteiger partial charge in [-0.05, 0) is 67.6 Å². The third-order valence-corrected chi connectivity index (χ3v) is 5.67. The summed E-state index contributed by atoms with van der Waals surface area (Å²) in [7, 11) is 0. The van der Waals surface area contributed by atoms with Crippen LogP contribution in [0.5, 0.6) is 11.5 Å². The van der Waals surface area contributed by atoms with Gasteiger partial charge in [0.15, 0.2) is 11.6 Å². The fourth-order valence-electron chi connectivity index (χ4n) is 3.94. The summed E-state index contributed by atoms with van der Waals surface area (Å²) in [6.45, 7) is 3.68. The Kier molecular flexibility index (Phi) is 6.20. The smallest absolute Gasteiger partial charge is 0.253 e. The molecule has 0 unspecified atom stereocenters. The van der Waals surface area contributed by atoms with Crippen LogP contribution in [0.4, 0.5) is 8.78 Å².